The zero-order valence-corrected chi connectivity index (χ0v) is 13.6. The second-order valence-electron chi connectivity index (χ2n) is 5.33. The monoisotopic (exact) mass is 301 g/mol. The lowest BCUT2D eigenvalue weighted by Gasteiger charge is -2.10. The van der Waals surface area contributed by atoms with Crippen molar-refractivity contribution in [3.05, 3.63) is 35.9 Å². The third-order valence-corrected chi connectivity index (χ3v) is 3.65. The Hall–Kier alpha value is -1.68. The Labute approximate surface area is 132 Å². The fraction of sp³-hybridized carbons (Fsp3) is 0.412. The van der Waals surface area contributed by atoms with Crippen LogP contribution in [0.25, 0.3) is 10.9 Å². The Kier molecular flexibility index (Phi) is 5.93. The van der Waals surface area contributed by atoms with Crippen molar-refractivity contribution in [1.29, 1.82) is 0 Å². The molecule has 0 bridgehead atoms. The van der Waals surface area contributed by atoms with Gasteiger partial charge in [-0.15, -0.1) is 0 Å². The van der Waals surface area contributed by atoms with Crippen molar-refractivity contribution in [3.8, 4) is 0 Å². The second-order valence-corrected chi connectivity index (χ2v) is 5.74. The second kappa shape index (κ2) is 7.93. The van der Waals surface area contributed by atoms with Crippen molar-refractivity contribution in [2.45, 2.75) is 39.5 Å². The van der Waals surface area contributed by atoms with Gasteiger partial charge in [-0.25, -0.2) is 4.98 Å². The van der Waals surface area contributed by atoms with Gasteiger partial charge in [0.15, 0.2) is 5.11 Å². The van der Waals surface area contributed by atoms with Crippen LogP contribution in [0.15, 0.2) is 30.3 Å². The fourth-order valence-corrected chi connectivity index (χ4v) is 2.44. The summed E-state index contributed by atoms with van der Waals surface area (Å²) in [6, 6.07) is 10.3. The highest BCUT2D eigenvalue weighted by Crippen LogP contribution is 2.16. The summed E-state index contributed by atoms with van der Waals surface area (Å²) in [5.74, 6) is 0.789. The van der Waals surface area contributed by atoms with Crippen LogP contribution < -0.4 is 10.6 Å². The van der Waals surface area contributed by atoms with Crippen molar-refractivity contribution >= 4 is 34.1 Å². The molecule has 0 aliphatic heterocycles. The lowest BCUT2D eigenvalue weighted by molar-refractivity contribution is 0.655. The summed E-state index contributed by atoms with van der Waals surface area (Å²) < 4.78 is 0. The number of thiocarbonyl (C=S) groups is 1. The number of nitrogens with one attached hydrogen (secondary N) is 2. The number of rotatable bonds is 6. The number of aromatic nitrogens is 1. The van der Waals surface area contributed by atoms with E-state index in [9.17, 15) is 0 Å². The number of benzene rings is 1. The van der Waals surface area contributed by atoms with Gasteiger partial charge in [0, 0.05) is 11.9 Å². The molecule has 21 heavy (non-hydrogen) atoms. The summed E-state index contributed by atoms with van der Waals surface area (Å²) in [6.45, 7) is 5.22. The van der Waals surface area contributed by atoms with Gasteiger partial charge in [-0.3, -0.25) is 0 Å². The van der Waals surface area contributed by atoms with Crippen LogP contribution in [0.1, 0.15) is 38.2 Å². The van der Waals surface area contributed by atoms with Crippen LogP contribution in [0.4, 0.5) is 5.82 Å². The Morgan fingerprint density at radius 3 is 2.81 bits per heavy atom. The van der Waals surface area contributed by atoms with Gasteiger partial charge in [-0.2, -0.15) is 0 Å². The van der Waals surface area contributed by atoms with Crippen LogP contribution in [0.5, 0.6) is 0 Å². The molecular formula is C17H23N3S. The summed E-state index contributed by atoms with van der Waals surface area (Å²) in [4.78, 5) is 4.58. The number of aryl methyl sites for hydroxylation is 1. The largest absolute Gasteiger partial charge is 0.362 e. The van der Waals surface area contributed by atoms with Gasteiger partial charge >= 0.3 is 0 Å². The topological polar surface area (TPSA) is 37.0 Å². The van der Waals surface area contributed by atoms with Gasteiger partial charge in [0.05, 0.1) is 5.52 Å². The average Bonchev–Trinajstić information content (AvgIpc) is 2.47. The van der Waals surface area contributed by atoms with Crippen LogP contribution in [-0.4, -0.2) is 16.6 Å². The lowest BCUT2D eigenvalue weighted by Crippen LogP contribution is -2.29. The normalized spacial score (nSPS) is 10.6. The maximum absolute atomic E-state index is 5.30. The number of hydrogen-bond acceptors (Lipinski definition) is 2. The maximum Gasteiger partial charge on any atom is 0.171 e. The molecule has 1 aromatic heterocycles. The average molecular weight is 301 g/mol. The SMILES string of the molecule is CCCCCCNC(=S)Nc1ccc2cc(C)ccc2n1. The molecule has 0 amide bonds. The quantitative estimate of drug-likeness (QED) is 0.612. The van der Waals surface area contributed by atoms with E-state index < -0.39 is 0 Å². The van der Waals surface area contributed by atoms with Gasteiger partial charge in [-0.05, 0) is 49.8 Å². The van der Waals surface area contributed by atoms with E-state index in [1.807, 2.05) is 12.1 Å². The van der Waals surface area contributed by atoms with E-state index in [0.29, 0.717) is 5.11 Å². The van der Waals surface area contributed by atoms with Crippen molar-refractivity contribution in [1.82, 2.24) is 10.3 Å². The molecule has 2 rings (SSSR count). The van der Waals surface area contributed by atoms with Crippen LogP contribution in [0.3, 0.4) is 0 Å². The molecule has 0 aliphatic rings. The predicted octanol–water partition coefficient (Wildman–Crippen LogP) is 4.41. The van der Waals surface area contributed by atoms with Crippen LogP contribution in [0.2, 0.25) is 0 Å². The van der Waals surface area contributed by atoms with Crippen molar-refractivity contribution in [3.63, 3.8) is 0 Å². The summed E-state index contributed by atoms with van der Waals surface area (Å²) >= 11 is 5.30. The minimum atomic E-state index is 0.644. The Balaban J connectivity index is 1.87. The molecule has 0 fully saturated rings. The van der Waals surface area contributed by atoms with Gasteiger partial charge in [0.1, 0.15) is 5.82 Å². The molecule has 0 radical (unpaired) electrons. The van der Waals surface area contributed by atoms with Gasteiger partial charge in [0.25, 0.3) is 0 Å². The van der Waals surface area contributed by atoms with E-state index in [4.69, 9.17) is 12.2 Å². The molecule has 0 aliphatic carbocycles. The highest BCUT2D eigenvalue weighted by molar-refractivity contribution is 7.80. The molecule has 4 heteroatoms. The zero-order valence-electron chi connectivity index (χ0n) is 12.8. The Morgan fingerprint density at radius 1 is 1.14 bits per heavy atom. The smallest absolute Gasteiger partial charge is 0.171 e. The third kappa shape index (κ3) is 4.97. The predicted molar refractivity (Wildman–Crippen MR) is 94.8 cm³/mol. The van der Waals surface area contributed by atoms with Crippen molar-refractivity contribution < 1.29 is 0 Å². The maximum atomic E-state index is 5.30. The number of pyridine rings is 1. The summed E-state index contributed by atoms with van der Waals surface area (Å²) in [5, 5.41) is 8.17. The standard InChI is InChI=1S/C17H23N3S/c1-3-4-5-6-11-18-17(21)20-16-10-8-14-12-13(2)7-9-15(14)19-16/h7-10,12H,3-6,11H2,1-2H3,(H2,18,19,20,21). The molecular weight excluding hydrogens is 278 g/mol. The van der Waals surface area contributed by atoms with E-state index in [1.54, 1.807) is 0 Å². The van der Waals surface area contributed by atoms with E-state index in [-0.39, 0.29) is 0 Å². The molecule has 0 atom stereocenters. The number of unbranched alkanes of at least 4 members (excludes halogenated alkanes) is 3. The molecule has 0 spiro atoms. The number of nitrogens with zero attached hydrogens (tertiary/aromatic N) is 1. The molecule has 1 aromatic carbocycles. The minimum absolute atomic E-state index is 0.644. The lowest BCUT2D eigenvalue weighted by atomic mass is 10.1. The van der Waals surface area contributed by atoms with E-state index in [2.05, 4.69) is 47.7 Å². The Bertz CT molecular complexity index is 610. The van der Waals surface area contributed by atoms with Crippen LogP contribution >= 0.6 is 12.2 Å². The summed E-state index contributed by atoms with van der Waals surface area (Å²) in [5.41, 5.74) is 2.23. The molecule has 0 saturated heterocycles. The highest BCUT2D eigenvalue weighted by Gasteiger charge is 2.01. The van der Waals surface area contributed by atoms with Gasteiger partial charge in [-0.1, -0.05) is 37.8 Å². The minimum Gasteiger partial charge on any atom is -0.362 e. The molecule has 2 aromatic rings. The van der Waals surface area contributed by atoms with Gasteiger partial charge in [0.2, 0.25) is 0 Å². The molecule has 0 saturated carbocycles. The highest BCUT2D eigenvalue weighted by atomic mass is 32.1. The summed E-state index contributed by atoms with van der Waals surface area (Å²) in [6.07, 6.45) is 4.94. The van der Waals surface area contributed by atoms with E-state index in [1.165, 1.54) is 24.8 Å². The molecule has 2 N–H and O–H groups in total. The number of hydrogen-bond donors (Lipinski definition) is 2. The van der Waals surface area contributed by atoms with Crippen LogP contribution in [0, 0.1) is 6.92 Å². The van der Waals surface area contributed by atoms with Crippen molar-refractivity contribution in [2.24, 2.45) is 0 Å². The Morgan fingerprint density at radius 2 is 2.00 bits per heavy atom. The number of fused-ring (bicyclic) bond motifs is 1. The molecule has 1 heterocycles. The molecule has 3 nitrogen and oxygen atoms in total. The zero-order chi connectivity index (χ0) is 15.1. The first-order chi connectivity index (χ1) is 10.2. The fourth-order valence-electron chi connectivity index (χ4n) is 2.23. The van der Waals surface area contributed by atoms with E-state index >= 15 is 0 Å². The van der Waals surface area contributed by atoms with E-state index in [0.717, 1.165) is 29.7 Å². The van der Waals surface area contributed by atoms with Gasteiger partial charge < -0.3 is 10.6 Å². The summed E-state index contributed by atoms with van der Waals surface area (Å²) in [7, 11) is 0. The third-order valence-electron chi connectivity index (χ3n) is 3.40. The van der Waals surface area contributed by atoms with Crippen LogP contribution in [-0.2, 0) is 0 Å². The molecule has 112 valence electrons. The molecule has 0 unspecified atom stereocenters. The first-order valence-electron chi connectivity index (χ1n) is 7.61. The number of anilines is 1. The first kappa shape index (κ1) is 15.7. The first-order valence-corrected chi connectivity index (χ1v) is 8.02. The van der Waals surface area contributed by atoms with Crippen molar-refractivity contribution in [2.75, 3.05) is 11.9 Å².